The monoisotopic (exact) mass is 903 g/mol. The number of esters is 3. The molecular weight excluding hydrogens is 793 g/mol. The molecule has 6 heteroatoms. The third-order valence-corrected chi connectivity index (χ3v) is 13.0. The summed E-state index contributed by atoms with van der Waals surface area (Å²) in [5.41, 5.74) is 0. The molecule has 64 heavy (non-hydrogen) atoms. The van der Waals surface area contributed by atoms with E-state index >= 15 is 0 Å². The fourth-order valence-corrected chi connectivity index (χ4v) is 8.68. The molecule has 0 N–H and O–H groups in total. The van der Waals surface area contributed by atoms with E-state index in [2.05, 4.69) is 32.9 Å². The van der Waals surface area contributed by atoms with Crippen LogP contribution in [0.2, 0.25) is 0 Å². The van der Waals surface area contributed by atoms with Gasteiger partial charge >= 0.3 is 17.9 Å². The van der Waals surface area contributed by atoms with Crippen LogP contribution in [0.1, 0.15) is 323 Å². The molecule has 0 bridgehead atoms. The van der Waals surface area contributed by atoms with Crippen LogP contribution in [0.25, 0.3) is 0 Å². The highest BCUT2D eigenvalue weighted by Crippen LogP contribution is 2.17. The summed E-state index contributed by atoms with van der Waals surface area (Å²) in [6, 6.07) is 0. The van der Waals surface area contributed by atoms with Crippen LogP contribution in [-0.2, 0) is 28.6 Å². The second-order valence-corrected chi connectivity index (χ2v) is 19.6. The van der Waals surface area contributed by atoms with Crippen molar-refractivity contribution in [1.29, 1.82) is 0 Å². The van der Waals surface area contributed by atoms with Gasteiger partial charge in [0.2, 0.25) is 0 Å². The van der Waals surface area contributed by atoms with Crippen molar-refractivity contribution >= 4 is 17.9 Å². The Morgan fingerprint density at radius 1 is 0.297 bits per heavy atom. The molecule has 0 aromatic heterocycles. The van der Waals surface area contributed by atoms with Gasteiger partial charge < -0.3 is 14.2 Å². The van der Waals surface area contributed by atoms with Gasteiger partial charge in [0.1, 0.15) is 13.2 Å². The van der Waals surface area contributed by atoms with Gasteiger partial charge in [-0.2, -0.15) is 0 Å². The standard InChI is InChI=1S/C58H110O6/c1-4-7-10-13-16-19-22-25-27-28-29-30-31-34-36-39-42-45-48-51-57(60)63-54-55(53-62-56(59)50-47-44-41-38-35-32-24-21-18-15-12-9-6-3)64-58(61)52-49-46-43-40-37-33-26-23-20-17-14-11-8-5-2/h23,26,55H,4-22,24-25,27-54H2,1-3H3/b26-23-. The zero-order valence-corrected chi connectivity index (χ0v) is 43.3. The zero-order valence-electron chi connectivity index (χ0n) is 43.3. The fraction of sp³-hybridized carbons (Fsp3) is 0.914. The van der Waals surface area contributed by atoms with Gasteiger partial charge in [-0.1, -0.05) is 270 Å². The van der Waals surface area contributed by atoms with Crippen molar-refractivity contribution in [2.45, 2.75) is 329 Å². The number of ether oxygens (including phenoxy) is 3. The van der Waals surface area contributed by atoms with Crippen LogP contribution in [0.15, 0.2) is 12.2 Å². The van der Waals surface area contributed by atoms with E-state index in [0.717, 1.165) is 64.2 Å². The largest absolute Gasteiger partial charge is 0.462 e. The summed E-state index contributed by atoms with van der Waals surface area (Å²) in [5.74, 6) is -0.853. The van der Waals surface area contributed by atoms with Crippen molar-refractivity contribution in [1.82, 2.24) is 0 Å². The van der Waals surface area contributed by atoms with E-state index in [4.69, 9.17) is 14.2 Å². The van der Waals surface area contributed by atoms with E-state index in [9.17, 15) is 14.4 Å². The predicted octanol–water partition coefficient (Wildman–Crippen LogP) is 18.9. The summed E-state index contributed by atoms with van der Waals surface area (Å²) < 4.78 is 16.9. The lowest BCUT2D eigenvalue weighted by molar-refractivity contribution is -0.167. The van der Waals surface area contributed by atoms with Crippen molar-refractivity contribution in [3.8, 4) is 0 Å². The third kappa shape index (κ3) is 51.1. The second-order valence-electron chi connectivity index (χ2n) is 19.6. The average Bonchev–Trinajstić information content (AvgIpc) is 3.29. The number of unbranched alkanes of at least 4 members (excludes halogenated alkanes) is 40. The highest BCUT2D eigenvalue weighted by atomic mass is 16.6. The molecule has 0 radical (unpaired) electrons. The fourth-order valence-electron chi connectivity index (χ4n) is 8.68. The van der Waals surface area contributed by atoms with E-state index in [1.54, 1.807) is 0 Å². The molecule has 0 spiro atoms. The zero-order chi connectivity index (χ0) is 46.5. The Morgan fingerprint density at radius 3 is 0.781 bits per heavy atom. The van der Waals surface area contributed by atoms with Crippen LogP contribution in [0, 0.1) is 0 Å². The van der Waals surface area contributed by atoms with Gasteiger partial charge in [0.05, 0.1) is 0 Å². The molecule has 0 saturated carbocycles. The SMILES string of the molecule is CCCCCCC/C=C\CCCCCCCC(=O)OC(COC(=O)CCCCCCCCCCCCCCC)COC(=O)CCCCCCCCCCCCCCCCCCCCC. The van der Waals surface area contributed by atoms with Gasteiger partial charge in [0.25, 0.3) is 0 Å². The van der Waals surface area contributed by atoms with E-state index in [1.165, 1.54) is 218 Å². The number of hydrogen-bond acceptors (Lipinski definition) is 6. The van der Waals surface area contributed by atoms with Crippen LogP contribution >= 0.6 is 0 Å². The molecule has 0 aliphatic heterocycles. The summed E-state index contributed by atoms with van der Waals surface area (Å²) in [7, 11) is 0. The van der Waals surface area contributed by atoms with Crippen molar-refractivity contribution in [2.75, 3.05) is 13.2 Å². The van der Waals surface area contributed by atoms with Crippen molar-refractivity contribution in [3.05, 3.63) is 12.2 Å². The van der Waals surface area contributed by atoms with Crippen LogP contribution < -0.4 is 0 Å². The van der Waals surface area contributed by atoms with Gasteiger partial charge in [-0.25, -0.2) is 0 Å². The van der Waals surface area contributed by atoms with Crippen LogP contribution in [0.3, 0.4) is 0 Å². The Kier molecular flexibility index (Phi) is 52.2. The minimum Gasteiger partial charge on any atom is -0.462 e. The molecule has 0 fully saturated rings. The van der Waals surface area contributed by atoms with E-state index in [0.29, 0.717) is 19.3 Å². The Labute approximate surface area is 399 Å². The minimum absolute atomic E-state index is 0.0675. The van der Waals surface area contributed by atoms with E-state index in [1.807, 2.05) is 0 Å². The first-order chi connectivity index (χ1) is 31.5. The Bertz CT molecular complexity index is 993. The quantitative estimate of drug-likeness (QED) is 0.0262. The van der Waals surface area contributed by atoms with Gasteiger partial charge in [-0.05, 0) is 44.9 Å². The lowest BCUT2D eigenvalue weighted by Crippen LogP contribution is -2.30. The molecule has 0 aromatic rings. The number of carbonyl (C=O) groups is 3. The lowest BCUT2D eigenvalue weighted by Gasteiger charge is -2.18. The molecule has 1 atom stereocenters. The Hall–Kier alpha value is -1.85. The summed E-state index contributed by atoms with van der Waals surface area (Å²) in [4.78, 5) is 38.1. The first kappa shape index (κ1) is 62.1. The maximum Gasteiger partial charge on any atom is 0.306 e. The molecule has 0 aromatic carbocycles. The van der Waals surface area contributed by atoms with Gasteiger partial charge in [0, 0.05) is 19.3 Å². The highest BCUT2D eigenvalue weighted by Gasteiger charge is 2.19. The second kappa shape index (κ2) is 53.8. The molecule has 0 aliphatic carbocycles. The molecular formula is C58H110O6. The normalized spacial score (nSPS) is 12.0. The maximum atomic E-state index is 12.8. The van der Waals surface area contributed by atoms with Crippen molar-refractivity contribution < 1.29 is 28.6 Å². The molecule has 378 valence electrons. The lowest BCUT2D eigenvalue weighted by atomic mass is 10.0. The van der Waals surface area contributed by atoms with Gasteiger partial charge in [-0.15, -0.1) is 0 Å². The highest BCUT2D eigenvalue weighted by molar-refractivity contribution is 5.71. The van der Waals surface area contributed by atoms with Crippen LogP contribution in [0.4, 0.5) is 0 Å². The van der Waals surface area contributed by atoms with Crippen LogP contribution in [-0.4, -0.2) is 37.2 Å². The van der Waals surface area contributed by atoms with E-state index in [-0.39, 0.29) is 31.1 Å². The summed E-state index contributed by atoms with van der Waals surface area (Å²) >= 11 is 0. The molecule has 1 unspecified atom stereocenters. The number of rotatable bonds is 53. The summed E-state index contributed by atoms with van der Waals surface area (Å²) in [6.45, 7) is 6.68. The molecule has 0 rings (SSSR count). The van der Waals surface area contributed by atoms with Gasteiger partial charge in [0.15, 0.2) is 6.10 Å². The average molecular weight is 904 g/mol. The number of hydrogen-bond donors (Lipinski definition) is 0. The van der Waals surface area contributed by atoms with E-state index < -0.39 is 6.10 Å². The summed E-state index contributed by atoms with van der Waals surface area (Å²) in [6.07, 6.45) is 60.6. The number of carbonyl (C=O) groups excluding carboxylic acids is 3. The molecule has 0 saturated heterocycles. The van der Waals surface area contributed by atoms with Crippen molar-refractivity contribution in [2.24, 2.45) is 0 Å². The summed E-state index contributed by atoms with van der Waals surface area (Å²) in [5, 5.41) is 0. The Balaban J connectivity index is 4.28. The molecule has 0 aliphatic rings. The number of allylic oxidation sites excluding steroid dienone is 2. The predicted molar refractivity (Wildman–Crippen MR) is 275 cm³/mol. The van der Waals surface area contributed by atoms with Crippen LogP contribution in [0.5, 0.6) is 0 Å². The smallest absolute Gasteiger partial charge is 0.306 e. The molecule has 0 amide bonds. The minimum atomic E-state index is -0.768. The molecule has 0 heterocycles. The topological polar surface area (TPSA) is 78.9 Å². The Morgan fingerprint density at radius 2 is 0.516 bits per heavy atom. The first-order valence-corrected chi connectivity index (χ1v) is 28.7. The molecule has 6 nitrogen and oxygen atoms in total. The maximum absolute atomic E-state index is 12.8. The first-order valence-electron chi connectivity index (χ1n) is 28.7. The third-order valence-electron chi connectivity index (χ3n) is 13.0. The van der Waals surface area contributed by atoms with Gasteiger partial charge in [-0.3, -0.25) is 14.4 Å². The van der Waals surface area contributed by atoms with Crippen molar-refractivity contribution in [3.63, 3.8) is 0 Å².